The van der Waals surface area contributed by atoms with Crippen LogP contribution in [-0.4, -0.2) is 41.6 Å². The van der Waals surface area contributed by atoms with Gasteiger partial charge in [0.05, 0.1) is 25.2 Å². The molecule has 136 valence electrons. The number of carbonyl (C=O) groups excluding carboxylic acids is 1. The Labute approximate surface area is 155 Å². The minimum atomic E-state index is 0.200. The van der Waals surface area contributed by atoms with Crippen LogP contribution >= 0.6 is 0 Å². The molecule has 0 N–H and O–H groups in total. The van der Waals surface area contributed by atoms with Crippen LogP contribution in [-0.2, 0) is 16.1 Å². The molecule has 2 aromatic rings. The van der Waals surface area contributed by atoms with Gasteiger partial charge in [0.15, 0.2) is 0 Å². The molecular formula is C22H26N2O2. The van der Waals surface area contributed by atoms with Gasteiger partial charge in [-0.05, 0) is 24.0 Å². The van der Waals surface area contributed by atoms with Crippen LogP contribution in [0.3, 0.4) is 0 Å². The number of hydrogen-bond acceptors (Lipinski definition) is 3. The van der Waals surface area contributed by atoms with Crippen molar-refractivity contribution in [3.8, 4) is 0 Å². The molecule has 1 amide bonds. The zero-order valence-electron chi connectivity index (χ0n) is 15.1. The molecule has 0 aliphatic carbocycles. The highest BCUT2D eigenvalue weighted by atomic mass is 16.5. The fraction of sp³-hybridized carbons (Fsp3) is 0.409. The van der Waals surface area contributed by atoms with Crippen molar-refractivity contribution in [2.75, 3.05) is 19.8 Å². The van der Waals surface area contributed by atoms with E-state index >= 15 is 0 Å². The number of amides is 1. The van der Waals surface area contributed by atoms with E-state index in [1.165, 1.54) is 11.1 Å². The Morgan fingerprint density at radius 3 is 2.42 bits per heavy atom. The Morgan fingerprint density at radius 2 is 1.77 bits per heavy atom. The first kappa shape index (κ1) is 17.3. The molecule has 2 aromatic carbocycles. The van der Waals surface area contributed by atoms with E-state index in [4.69, 9.17) is 4.74 Å². The molecular weight excluding hydrogens is 324 g/mol. The SMILES string of the molecule is O=C1C[C@H](c2ccccc2)N1CN(Cc1ccccc1)C[C@@H]1CCCO1. The van der Waals surface area contributed by atoms with Crippen molar-refractivity contribution in [2.24, 2.45) is 0 Å². The maximum Gasteiger partial charge on any atom is 0.226 e. The van der Waals surface area contributed by atoms with Gasteiger partial charge in [0.25, 0.3) is 0 Å². The summed E-state index contributed by atoms with van der Waals surface area (Å²) in [6.07, 6.45) is 3.15. The lowest BCUT2D eigenvalue weighted by Crippen LogP contribution is -2.52. The molecule has 26 heavy (non-hydrogen) atoms. The van der Waals surface area contributed by atoms with Crippen molar-refractivity contribution < 1.29 is 9.53 Å². The van der Waals surface area contributed by atoms with E-state index in [0.29, 0.717) is 13.1 Å². The predicted molar refractivity (Wildman–Crippen MR) is 101 cm³/mol. The van der Waals surface area contributed by atoms with Crippen molar-refractivity contribution >= 4 is 5.91 Å². The lowest BCUT2D eigenvalue weighted by Gasteiger charge is -2.44. The normalized spacial score (nSPS) is 22.7. The Balaban J connectivity index is 1.46. The molecule has 0 aromatic heterocycles. The second-order valence-electron chi connectivity index (χ2n) is 7.27. The lowest BCUT2D eigenvalue weighted by molar-refractivity contribution is -0.151. The van der Waals surface area contributed by atoms with Crippen LogP contribution in [0.15, 0.2) is 60.7 Å². The first-order chi connectivity index (χ1) is 12.8. The van der Waals surface area contributed by atoms with Crippen LogP contribution in [0.4, 0.5) is 0 Å². The summed E-state index contributed by atoms with van der Waals surface area (Å²) in [4.78, 5) is 16.7. The highest BCUT2D eigenvalue weighted by molar-refractivity contribution is 5.83. The summed E-state index contributed by atoms with van der Waals surface area (Å²) in [6, 6.07) is 21.0. The summed E-state index contributed by atoms with van der Waals surface area (Å²) in [5.74, 6) is 0.240. The molecule has 2 atom stereocenters. The van der Waals surface area contributed by atoms with Gasteiger partial charge in [-0.2, -0.15) is 0 Å². The Hall–Kier alpha value is -2.17. The zero-order valence-corrected chi connectivity index (χ0v) is 15.1. The largest absolute Gasteiger partial charge is 0.377 e. The number of likely N-dealkylation sites (tertiary alicyclic amines) is 1. The molecule has 0 radical (unpaired) electrons. The third-order valence-electron chi connectivity index (χ3n) is 5.34. The first-order valence-corrected chi connectivity index (χ1v) is 9.52. The second kappa shape index (κ2) is 8.02. The number of carbonyl (C=O) groups is 1. The summed E-state index contributed by atoms with van der Waals surface area (Å²) >= 11 is 0. The molecule has 4 nitrogen and oxygen atoms in total. The Kier molecular flexibility index (Phi) is 5.32. The van der Waals surface area contributed by atoms with Gasteiger partial charge in [0.1, 0.15) is 0 Å². The van der Waals surface area contributed by atoms with Gasteiger partial charge in [-0.25, -0.2) is 0 Å². The fourth-order valence-electron chi connectivity index (χ4n) is 3.91. The van der Waals surface area contributed by atoms with E-state index in [0.717, 1.165) is 32.5 Å². The minimum Gasteiger partial charge on any atom is -0.377 e. The van der Waals surface area contributed by atoms with Crippen molar-refractivity contribution in [3.05, 3.63) is 71.8 Å². The molecule has 4 heteroatoms. The van der Waals surface area contributed by atoms with Crippen LogP contribution in [0.5, 0.6) is 0 Å². The lowest BCUT2D eigenvalue weighted by atomic mass is 9.94. The maximum absolute atomic E-state index is 12.3. The number of ether oxygens (including phenoxy) is 1. The number of nitrogens with zero attached hydrogens (tertiary/aromatic N) is 2. The highest BCUT2D eigenvalue weighted by Gasteiger charge is 2.38. The van der Waals surface area contributed by atoms with Crippen LogP contribution < -0.4 is 0 Å². The van der Waals surface area contributed by atoms with Crippen molar-refractivity contribution in [1.82, 2.24) is 9.80 Å². The van der Waals surface area contributed by atoms with Crippen molar-refractivity contribution in [3.63, 3.8) is 0 Å². The van der Waals surface area contributed by atoms with Gasteiger partial charge in [0.2, 0.25) is 5.91 Å². The molecule has 0 spiro atoms. The van der Waals surface area contributed by atoms with E-state index in [-0.39, 0.29) is 18.1 Å². The molecule has 2 aliphatic heterocycles. The number of β-lactam (4-membered cyclic amide) rings is 1. The van der Waals surface area contributed by atoms with Gasteiger partial charge in [-0.3, -0.25) is 9.69 Å². The standard InChI is InChI=1S/C22H26N2O2/c25-22-14-21(19-10-5-2-6-11-19)24(22)17-23(16-20-12-7-13-26-20)15-18-8-3-1-4-9-18/h1-6,8-11,20-21H,7,12-17H2/t20-,21+/m0/s1. The zero-order chi connectivity index (χ0) is 17.8. The smallest absolute Gasteiger partial charge is 0.226 e. The molecule has 0 unspecified atom stereocenters. The third kappa shape index (κ3) is 3.97. The average Bonchev–Trinajstić information content (AvgIpc) is 3.18. The van der Waals surface area contributed by atoms with Gasteiger partial charge in [-0.15, -0.1) is 0 Å². The van der Waals surface area contributed by atoms with Crippen LogP contribution in [0, 0.1) is 0 Å². The van der Waals surface area contributed by atoms with Crippen LogP contribution in [0.2, 0.25) is 0 Å². The summed E-state index contributed by atoms with van der Waals surface area (Å²) in [7, 11) is 0. The fourth-order valence-corrected chi connectivity index (χ4v) is 3.91. The molecule has 2 aliphatic rings. The molecule has 4 rings (SSSR count). The van der Waals surface area contributed by atoms with Crippen LogP contribution in [0.25, 0.3) is 0 Å². The van der Waals surface area contributed by atoms with E-state index in [9.17, 15) is 4.79 Å². The number of benzene rings is 2. The van der Waals surface area contributed by atoms with Crippen LogP contribution in [0.1, 0.15) is 36.4 Å². The Bertz CT molecular complexity index is 713. The minimum absolute atomic E-state index is 0.200. The molecule has 0 bridgehead atoms. The van der Waals surface area contributed by atoms with Gasteiger partial charge in [0, 0.05) is 19.7 Å². The summed E-state index contributed by atoms with van der Waals surface area (Å²) < 4.78 is 5.85. The molecule has 2 fully saturated rings. The van der Waals surface area contributed by atoms with Gasteiger partial charge in [-0.1, -0.05) is 60.7 Å². The topological polar surface area (TPSA) is 32.8 Å². The Morgan fingerprint density at radius 1 is 1.04 bits per heavy atom. The van der Waals surface area contributed by atoms with Crippen molar-refractivity contribution in [1.29, 1.82) is 0 Å². The number of hydrogen-bond donors (Lipinski definition) is 0. The van der Waals surface area contributed by atoms with Gasteiger partial charge >= 0.3 is 0 Å². The summed E-state index contributed by atoms with van der Waals surface area (Å²) in [6.45, 7) is 3.23. The summed E-state index contributed by atoms with van der Waals surface area (Å²) in [5.41, 5.74) is 2.50. The molecule has 2 saturated heterocycles. The predicted octanol–water partition coefficient (Wildman–Crippen LogP) is 3.60. The van der Waals surface area contributed by atoms with Gasteiger partial charge < -0.3 is 9.64 Å². The van der Waals surface area contributed by atoms with Crippen molar-refractivity contribution in [2.45, 2.75) is 38.0 Å². The van der Waals surface area contributed by atoms with E-state index in [1.54, 1.807) is 0 Å². The first-order valence-electron chi connectivity index (χ1n) is 9.52. The summed E-state index contributed by atoms with van der Waals surface area (Å²) in [5, 5.41) is 0. The monoisotopic (exact) mass is 350 g/mol. The highest BCUT2D eigenvalue weighted by Crippen LogP contribution is 2.34. The maximum atomic E-state index is 12.3. The molecule has 0 saturated carbocycles. The van der Waals surface area contributed by atoms with E-state index < -0.39 is 0 Å². The molecule has 2 heterocycles. The van der Waals surface area contributed by atoms with E-state index in [1.807, 2.05) is 29.2 Å². The third-order valence-corrected chi connectivity index (χ3v) is 5.34. The quantitative estimate of drug-likeness (QED) is 0.715. The number of rotatable bonds is 7. The average molecular weight is 350 g/mol. The second-order valence-corrected chi connectivity index (χ2v) is 7.27. The van der Waals surface area contributed by atoms with E-state index in [2.05, 4.69) is 41.3 Å².